The smallest absolute Gasteiger partial charge is 0.744 e. The van der Waals surface area contributed by atoms with Gasteiger partial charge >= 0.3 is 29.6 Å². The molecular formula is C18H25NaO3S. The van der Waals surface area contributed by atoms with Crippen molar-refractivity contribution in [2.45, 2.75) is 58.3 Å². The summed E-state index contributed by atoms with van der Waals surface area (Å²) < 4.78 is 35.1. The molecule has 0 saturated heterocycles. The Morgan fingerprint density at radius 2 is 1.26 bits per heavy atom. The van der Waals surface area contributed by atoms with E-state index in [1.807, 2.05) is 45.9 Å². The Morgan fingerprint density at radius 3 is 1.70 bits per heavy atom. The third kappa shape index (κ3) is 5.87. The van der Waals surface area contributed by atoms with Gasteiger partial charge in [-0.1, -0.05) is 52.0 Å². The zero-order valence-electron chi connectivity index (χ0n) is 14.8. The molecule has 0 aliphatic heterocycles. The van der Waals surface area contributed by atoms with Crippen LogP contribution in [-0.4, -0.2) is 13.0 Å². The Morgan fingerprint density at radius 1 is 0.826 bits per heavy atom. The number of hydrogen-bond acceptors (Lipinski definition) is 3. The monoisotopic (exact) mass is 344 g/mol. The molecule has 5 heteroatoms. The molecule has 0 fully saturated rings. The summed E-state index contributed by atoms with van der Waals surface area (Å²) in [7, 11) is -4.50. The van der Waals surface area contributed by atoms with Crippen molar-refractivity contribution < 1.29 is 42.5 Å². The number of rotatable bonds is 5. The summed E-state index contributed by atoms with van der Waals surface area (Å²) in [4.78, 5) is -0.109. The van der Waals surface area contributed by atoms with Gasteiger partial charge < -0.3 is 4.55 Å². The van der Waals surface area contributed by atoms with Crippen LogP contribution >= 0.6 is 0 Å². The molecule has 122 valence electrons. The summed E-state index contributed by atoms with van der Waals surface area (Å²) in [5.74, 6) is 0. The molecule has 0 unspecified atom stereocenters. The van der Waals surface area contributed by atoms with Crippen LogP contribution in [-0.2, 0) is 10.1 Å². The predicted octanol–water partition coefficient (Wildman–Crippen LogP) is -1.64. The quantitative estimate of drug-likeness (QED) is 0.475. The molecule has 0 saturated carbocycles. The third-order valence-corrected chi connectivity index (χ3v) is 4.24. The topological polar surface area (TPSA) is 57.2 Å². The molecule has 3 nitrogen and oxygen atoms in total. The van der Waals surface area contributed by atoms with E-state index in [0.29, 0.717) is 11.6 Å². The van der Waals surface area contributed by atoms with Gasteiger partial charge in [0.25, 0.3) is 0 Å². The van der Waals surface area contributed by atoms with Crippen molar-refractivity contribution in [3.8, 4) is 0 Å². The number of hydrogen-bond donors (Lipinski definition) is 0. The van der Waals surface area contributed by atoms with E-state index in [2.05, 4.69) is 6.08 Å². The molecule has 0 aliphatic rings. The maximum atomic E-state index is 11.7. The van der Waals surface area contributed by atoms with E-state index in [1.165, 1.54) is 6.07 Å². The molecule has 0 amide bonds. The van der Waals surface area contributed by atoms with E-state index in [0.717, 1.165) is 34.9 Å². The second-order valence-electron chi connectivity index (χ2n) is 5.11. The van der Waals surface area contributed by atoms with Crippen LogP contribution in [0.15, 0.2) is 11.0 Å². The predicted molar refractivity (Wildman–Crippen MR) is 91.9 cm³/mol. The molecule has 0 aromatic heterocycles. The summed E-state index contributed by atoms with van der Waals surface area (Å²) in [6.07, 6.45) is 11.0. The van der Waals surface area contributed by atoms with E-state index in [9.17, 15) is 13.0 Å². The molecule has 0 N–H and O–H groups in total. The maximum absolute atomic E-state index is 11.7. The molecule has 23 heavy (non-hydrogen) atoms. The van der Waals surface area contributed by atoms with Crippen LogP contribution in [0.25, 0.3) is 24.3 Å². The SMILES string of the molecule is CCC=c1cc(S(=O)(=O)[O-])c(=CCC)c(=CCC)c1=CCC.[Na+]. The van der Waals surface area contributed by atoms with Crippen molar-refractivity contribution in [3.05, 3.63) is 26.9 Å². The summed E-state index contributed by atoms with van der Waals surface area (Å²) in [5.41, 5.74) is 0. The fourth-order valence-electron chi connectivity index (χ4n) is 2.60. The van der Waals surface area contributed by atoms with E-state index < -0.39 is 10.1 Å². The Labute approximate surface area is 161 Å². The molecule has 0 spiro atoms. The van der Waals surface area contributed by atoms with Gasteiger partial charge in [0.15, 0.2) is 0 Å². The first-order valence-corrected chi connectivity index (χ1v) is 9.31. The minimum atomic E-state index is -4.50. The minimum Gasteiger partial charge on any atom is -0.744 e. The zero-order valence-corrected chi connectivity index (χ0v) is 17.7. The number of benzene rings is 1. The van der Waals surface area contributed by atoms with Crippen LogP contribution in [0.1, 0.15) is 53.4 Å². The second-order valence-corrected chi connectivity index (χ2v) is 6.46. The molecule has 0 aliphatic carbocycles. The van der Waals surface area contributed by atoms with E-state index in [1.54, 1.807) is 0 Å². The van der Waals surface area contributed by atoms with Crippen molar-refractivity contribution in [1.82, 2.24) is 0 Å². The van der Waals surface area contributed by atoms with Gasteiger partial charge in [-0.05, 0) is 52.6 Å². The second kappa shape index (κ2) is 10.5. The first kappa shape index (κ1) is 22.6. The molecule has 1 rings (SSSR count). The van der Waals surface area contributed by atoms with Gasteiger partial charge in [-0.3, -0.25) is 0 Å². The maximum Gasteiger partial charge on any atom is 1.00 e. The van der Waals surface area contributed by atoms with E-state index in [-0.39, 0.29) is 34.5 Å². The summed E-state index contributed by atoms with van der Waals surface area (Å²) in [5, 5.41) is 3.26. The van der Waals surface area contributed by atoms with Crippen molar-refractivity contribution in [2.24, 2.45) is 0 Å². The van der Waals surface area contributed by atoms with Gasteiger partial charge in [0.1, 0.15) is 10.1 Å². The van der Waals surface area contributed by atoms with Crippen molar-refractivity contribution >= 4 is 34.4 Å². The van der Waals surface area contributed by atoms with E-state index in [4.69, 9.17) is 0 Å². The fourth-order valence-corrected chi connectivity index (χ4v) is 3.33. The molecule has 1 aromatic rings. The van der Waals surface area contributed by atoms with Gasteiger partial charge in [0.05, 0.1) is 4.90 Å². The third-order valence-electron chi connectivity index (χ3n) is 3.36. The zero-order chi connectivity index (χ0) is 16.8. The average molecular weight is 344 g/mol. The van der Waals surface area contributed by atoms with Crippen molar-refractivity contribution in [1.29, 1.82) is 0 Å². The summed E-state index contributed by atoms with van der Waals surface area (Å²) in [6, 6.07) is 1.53. The van der Waals surface area contributed by atoms with Crippen LogP contribution in [0.5, 0.6) is 0 Å². The van der Waals surface area contributed by atoms with Gasteiger partial charge in [0.2, 0.25) is 0 Å². The largest absolute Gasteiger partial charge is 1.00 e. The Kier molecular flexibility index (Phi) is 10.3. The fraction of sp³-hybridized carbons (Fsp3) is 0.444. The molecule has 1 aromatic carbocycles. The first-order chi connectivity index (χ1) is 10.4. The van der Waals surface area contributed by atoms with Gasteiger partial charge in [-0.2, -0.15) is 0 Å². The first-order valence-electron chi connectivity index (χ1n) is 7.90. The normalized spacial score (nSPS) is 15.2. The standard InChI is InChI=1S/C18H26O3S.Na/c1-5-9-14-13-18(22(19,20)21)17(12-8-4)16(11-7-3)15(14)10-6-2;/h9-13H,5-8H2,1-4H3,(H,19,20,21);/q;+1/p-1. The van der Waals surface area contributed by atoms with Crippen LogP contribution in [0.3, 0.4) is 0 Å². The van der Waals surface area contributed by atoms with Crippen molar-refractivity contribution in [2.75, 3.05) is 0 Å². The van der Waals surface area contributed by atoms with Crippen LogP contribution in [0, 0.1) is 0 Å². The summed E-state index contributed by atoms with van der Waals surface area (Å²) >= 11 is 0. The molecule has 0 atom stereocenters. The molecular weight excluding hydrogens is 319 g/mol. The molecule has 0 bridgehead atoms. The average Bonchev–Trinajstić information content (AvgIpc) is 2.44. The van der Waals surface area contributed by atoms with E-state index >= 15 is 0 Å². The molecule has 0 heterocycles. The van der Waals surface area contributed by atoms with Crippen LogP contribution < -0.4 is 50.4 Å². The van der Waals surface area contributed by atoms with Gasteiger partial charge in [-0.25, -0.2) is 8.42 Å². The Bertz CT molecular complexity index is 853. The van der Waals surface area contributed by atoms with Crippen LogP contribution in [0.2, 0.25) is 0 Å². The summed E-state index contributed by atoms with van der Waals surface area (Å²) in [6.45, 7) is 7.99. The van der Waals surface area contributed by atoms with Gasteiger partial charge in [-0.15, -0.1) is 0 Å². The Hall–Kier alpha value is -0.390. The van der Waals surface area contributed by atoms with Crippen molar-refractivity contribution in [3.63, 3.8) is 0 Å². The molecule has 0 radical (unpaired) electrons. The minimum absolute atomic E-state index is 0. The Balaban J connectivity index is 0.00000484. The van der Waals surface area contributed by atoms with Crippen LogP contribution in [0.4, 0.5) is 0 Å². The van der Waals surface area contributed by atoms with Gasteiger partial charge in [0, 0.05) is 0 Å².